The summed E-state index contributed by atoms with van der Waals surface area (Å²) in [4.78, 5) is 0.229. The van der Waals surface area contributed by atoms with E-state index in [-0.39, 0.29) is 16.4 Å². The van der Waals surface area contributed by atoms with Crippen LogP contribution in [0, 0.1) is 5.41 Å². The molecule has 0 fully saturated rings. The second-order valence-corrected chi connectivity index (χ2v) is 7.76. The van der Waals surface area contributed by atoms with E-state index < -0.39 is 10.0 Å². The fraction of sp³-hybridized carbons (Fsp3) is 0.600. The minimum Gasteiger partial charge on any atom is -0.313 e. The first-order valence-electron chi connectivity index (χ1n) is 7.00. The largest absolute Gasteiger partial charge is 0.313 e. The number of primary sulfonamides is 1. The number of nitrogens with one attached hydrogen (secondary N) is 1. The molecular formula is C15H26N2O2S. The smallest absolute Gasteiger partial charge is 0.238 e. The third kappa shape index (κ3) is 4.89. The molecule has 0 saturated heterocycles. The molecule has 0 aromatic heterocycles. The molecule has 0 radical (unpaired) electrons. The molecule has 0 bridgehead atoms. The molecule has 1 aromatic rings. The first-order valence-corrected chi connectivity index (χ1v) is 8.55. The maximum atomic E-state index is 11.7. The Morgan fingerprint density at radius 3 is 2.35 bits per heavy atom. The summed E-state index contributed by atoms with van der Waals surface area (Å²) < 4.78 is 23.3. The van der Waals surface area contributed by atoms with E-state index in [9.17, 15) is 8.42 Å². The van der Waals surface area contributed by atoms with Crippen molar-refractivity contribution in [2.24, 2.45) is 10.6 Å². The van der Waals surface area contributed by atoms with Crippen LogP contribution in [0.4, 0.5) is 0 Å². The first-order chi connectivity index (χ1) is 9.16. The lowest BCUT2D eigenvalue weighted by Crippen LogP contribution is -2.42. The van der Waals surface area contributed by atoms with Crippen LogP contribution in [-0.4, -0.2) is 21.0 Å². The Hall–Kier alpha value is -0.910. The van der Waals surface area contributed by atoms with Gasteiger partial charge in [-0.2, -0.15) is 0 Å². The number of sulfonamides is 1. The Morgan fingerprint density at radius 2 is 1.85 bits per heavy atom. The van der Waals surface area contributed by atoms with Gasteiger partial charge in [0.1, 0.15) is 0 Å². The molecule has 5 heteroatoms. The van der Waals surface area contributed by atoms with Gasteiger partial charge in [-0.05, 0) is 36.4 Å². The van der Waals surface area contributed by atoms with Gasteiger partial charge in [0.25, 0.3) is 0 Å². The normalized spacial score (nSPS) is 14.2. The van der Waals surface area contributed by atoms with Crippen LogP contribution in [0.2, 0.25) is 0 Å². The van der Waals surface area contributed by atoms with Gasteiger partial charge in [0.2, 0.25) is 10.0 Å². The van der Waals surface area contributed by atoms with E-state index in [1.807, 2.05) is 12.1 Å². The Morgan fingerprint density at radius 1 is 1.25 bits per heavy atom. The number of hydrogen-bond acceptors (Lipinski definition) is 3. The summed E-state index contributed by atoms with van der Waals surface area (Å²) in [6, 6.07) is 7.17. The lowest BCUT2D eigenvalue weighted by molar-refractivity contribution is 0.266. The molecule has 0 aliphatic carbocycles. The van der Waals surface area contributed by atoms with Gasteiger partial charge in [0.15, 0.2) is 0 Å². The molecule has 0 aliphatic heterocycles. The zero-order chi connectivity index (χ0) is 15.4. The molecule has 114 valence electrons. The fourth-order valence-electron chi connectivity index (χ4n) is 2.17. The molecule has 1 atom stereocenters. The van der Waals surface area contributed by atoms with Crippen molar-refractivity contribution in [3.63, 3.8) is 0 Å². The summed E-state index contributed by atoms with van der Waals surface area (Å²) >= 11 is 0. The van der Waals surface area contributed by atoms with Crippen LogP contribution in [0.5, 0.6) is 0 Å². The standard InChI is InChI=1S/C15H26N2O2S/c1-5-10-17-14(15(2,3)4)11-12-8-6-7-9-13(12)20(16,18)19/h6-9,14,17H,5,10-11H2,1-4H3,(H2,16,18,19). The van der Waals surface area contributed by atoms with Crippen LogP contribution in [0.1, 0.15) is 39.7 Å². The lowest BCUT2D eigenvalue weighted by atomic mass is 9.83. The SMILES string of the molecule is CCCNC(Cc1ccccc1S(N)(=O)=O)C(C)(C)C. The van der Waals surface area contributed by atoms with Crippen LogP contribution in [0.3, 0.4) is 0 Å². The topological polar surface area (TPSA) is 72.2 Å². The van der Waals surface area contributed by atoms with E-state index >= 15 is 0 Å². The van der Waals surface area contributed by atoms with Gasteiger partial charge in [-0.25, -0.2) is 13.6 Å². The van der Waals surface area contributed by atoms with Crippen molar-refractivity contribution in [2.75, 3.05) is 6.54 Å². The predicted octanol–water partition coefficient (Wildman–Crippen LogP) is 2.29. The monoisotopic (exact) mass is 298 g/mol. The summed E-state index contributed by atoms with van der Waals surface area (Å²) in [6.45, 7) is 9.49. The van der Waals surface area contributed by atoms with Crippen LogP contribution in [0.25, 0.3) is 0 Å². The molecule has 0 spiro atoms. The molecule has 4 nitrogen and oxygen atoms in total. The maximum absolute atomic E-state index is 11.7. The fourth-order valence-corrected chi connectivity index (χ4v) is 2.96. The molecule has 3 N–H and O–H groups in total. The number of rotatable bonds is 6. The van der Waals surface area contributed by atoms with Crippen LogP contribution in [-0.2, 0) is 16.4 Å². The molecule has 20 heavy (non-hydrogen) atoms. The third-order valence-electron chi connectivity index (χ3n) is 3.39. The first kappa shape index (κ1) is 17.1. The zero-order valence-corrected chi connectivity index (χ0v) is 13.6. The molecular weight excluding hydrogens is 272 g/mol. The molecule has 0 saturated carbocycles. The van der Waals surface area contributed by atoms with Crippen molar-refractivity contribution in [1.29, 1.82) is 0 Å². The molecule has 0 aliphatic rings. The quantitative estimate of drug-likeness (QED) is 0.846. The van der Waals surface area contributed by atoms with Gasteiger partial charge in [-0.15, -0.1) is 0 Å². The Bertz CT molecular complexity index is 533. The summed E-state index contributed by atoms with van der Waals surface area (Å²) in [5.74, 6) is 0. The van der Waals surface area contributed by atoms with E-state index in [1.165, 1.54) is 0 Å². The van der Waals surface area contributed by atoms with Crippen molar-refractivity contribution in [1.82, 2.24) is 5.32 Å². The predicted molar refractivity (Wildman–Crippen MR) is 83.1 cm³/mol. The number of hydrogen-bond donors (Lipinski definition) is 2. The summed E-state index contributed by atoms with van der Waals surface area (Å²) in [6.07, 6.45) is 1.69. The second-order valence-electron chi connectivity index (χ2n) is 6.23. The van der Waals surface area contributed by atoms with Gasteiger partial charge in [-0.3, -0.25) is 0 Å². The van der Waals surface area contributed by atoms with Crippen molar-refractivity contribution < 1.29 is 8.42 Å². The van der Waals surface area contributed by atoms with Crippen LogP contribution in [0.15, 0.2) is 29.2 Å². The molecule has 1 aromatic carbocycles. The average molecular weight is 298 g/mol. The summed E-state index contributed by atoms with van der Waals surface area (Å²) in [7, 11) is -3.67. The van der Waals surface area contributed by atoms with E-state index in [4.69, 9.17) is 5.14 Å². The van der Waals surface area contributed by atoms with Crippen molar-refractivity contribution in [3.05, 3.63) is 29.8 Å². The highest BCUT2D eigenvalue weighted by Crippen LogP contribution is 2.25. The van der Waals surface area contributed by atoms with Gasteiger partial charge in [0, 0.05) is 6.04 Å². The minimum atomic E-state index is -3.67. The third-order valence-corrected chi connectivity index (χ3v) is 4.40. The highest BCUT2D eigenvalue weighted by atomic mass is 32.2. The molecule has 1 rings (SSSR count). The molecule has 1 unspecified atom stereocenters. The van der Waals surface area contributed by atoms with Gasteiger partial charge < -0.3 is 5.32 Å². The average Bonchev–Trinajstić information content (AvgIpc) is 2.32. The Balaban J connectivity index is 3.06. The molecule has 0 heterocycles. The van der Waals surface area contributed by atoms with E-state index in [0.717, 1.165) is 18.5 Å². The van der Waals surface area contributed by atoms with E-state index in [2.05, 4.69) is 33.0 Å². The Labute approximate surface area is 122 Å². The number of nitrogens with two attached hydrogens (primary N) is 1. The van der Waals surface area contributed by atoms with Gasteiger partial charge in [-0.1, -0.05) is 45.9 Å². The van der Waals surface area contributed by atoms with Crippen LogP contribution < -0.4 is 10.5 Å². The lowest BCUT2D eigenvalue weighted by Gasteiger charge is -2.32. The second kappa shape index (κ2) is 6.70. The number of benzene rings is 1. The maximum Gasteiger partial charge on any atom is 0.238 e. The van der Waals surface area contributed by atoms with E-state index in [1.54, 1.807) is 12.1 Å². The van der Waals surface area contributed by atoms with Crippen molar-refractivity contribution in [2.45, 2.75) is 51.5 Å². The van der Waals surface area contributed by atoms with Gasteiger partial charge in [0.05, 0.1) is 4.90 Å². The van der Waals surface area contributed by atoms with E-state index in [0.29, 0.717) is 6.42 Å². The Kier molecular flexibility index (Phi) is 5.74. The summed E-state index contributed by atoms with van der Waals surface area (Å²) in [5.41, 5.74) is 0.819. The van der Waals surface area contributed by atoms with Crippen LogP contribution >= 0.6 is 0 Å². The van der Waals surface area contributed by atoms with Gasteiger partial charge >= 0.3 is 0 Å². The zero-order valence-electron chi connectivity index (χ0n) is 12.8. The highest BCUT2D eigenvalue weighted by molar-refractivity contribution is 7.89. The molecule has 0 amide bonds. The highest BCUT2D eigenvalue weighted by Gasteiger charge is 2.26. The summed E-state index contributed by atoms with van der Waals surface area (Å²) in [5, 5.41) is 8.80. The van der Waals surface area contributed by atoms with Crippen molar-refractivity contribution >= 4 is 10.0 Å². The van der Waals surface area contributed by atoms with Crippen molar-refractivity contribution in [3.8, 4) is 0 Å². The minimum absolute atomic E-state index is 0.0423.